The van der Waals surface area contributed by atoms with Crippen LogP contribution in [0.3, 0.4) is 0 Å². The number of carbonyl (C=O) groups is 8. The Morgan fingerprint density at radius 1 is 0.414 bits per heavy atom. The van der Waals surface area contributed by atoms with E-state index < -0.39 is 48.5 Å². The highest BCUT2D eigenvalue weighted by molar-refractivity contribution is 5.95. The van der Waals surface area contributed by atoms with E-state index in [0.717, 1.165) is 163 Å². The molecule has 0 aliphatic carbocycles. The molecule has 116 heavy (non-hydrogen) atoms. The zero-order valence-corrected chi connectivity index (χ0v) is 68.7. The maximum atomic E-state index is 13.9. The summed E-state index contributed by atoms with van der Waals surface area (Å²) in [6.45, 7) is 21.7. The number of hydrogen-bond acceptors (Lipinski definition) is 16. The Kier molecular flexibility index (Phi) is 25.1. The second-order valence-electron chi connectivity index (χ2n) is 32.1. The number of alkyl carbamates (subject to hydrolysis) is 2. The van der Waals surface area contributed by atoms with Gasteiger partial charge in [0.2, 0.25) is 23.6 Å². The normalized spacial score (nSPS) is 17.9. The largest absolute Gasteiger partial charge is 0.453 e. The number of amides is 8. The molecule has 0 radical (unpaired) electrons. The first-order valence-corrected chi connectivity index (χ1v) is 40.6. The Morgan fingerprint density at radius 2 is 0.724 bits per heavy atom. The van der Waals surface area contributed by atoms with Crippen LogP contribution in [0.2, 0.25) is 0 Å². The van der Waals surface area contributed by atoms with E-state index in [1.165, 1.54) is 24.0 Å². The van der Waals surface area contributed by atoms with Crippen LogP contribution in [0.4, 0.5) is 19.2 Å². The molecule has 8 amide bonds. The van der Waals surface area contributed by atoms with Crippen molar-refractivity contribution < 1.29 is 57.3 Å². The number of likely N-dealkylation sites (tertiary alicyclic amines) is 4. The number of benzene rings is 6. The monoisotopic (exact) mass is 1580 g/mol. The first kappa shape index (κ1) is 82.2. The second-order valence-corrected chi connectivity index (χ2v) is 32.1. The fourth-order valence-corrected chi connectivity index (χ4v) is 17.1. The van der Waals surface area contributed by atoms with Crippen LogP contribution in [0.1, 0.15) is 168 Å². The average Bonchev–Trinajstić information content (AvgIpc) is 1.61. The SMILES string of the molecule is CCOC(=O)N[C@H](C(=O)N1CCC[C@H]1c1ncc(-c2ccc3cc(-c4ccc5nc([C@@H]6CCCN6C(=O)[C@@H](NC(=O)OCC)C(C)C)[nH]c5c4)ccc3c2)[nH]1)C(C)C.COC(=O)N(C)[C@H](C(=O)N1CCC[C@H]1c1ncc(-c2ccc3cc(-c4ccc5nc([C@@H]6CCCN6C(=O)[C@H](C(C)C)N(C)C(=O)OC)[nH]c5c4)ccc3c2)[nH]1)C(C)C. The lowest BCUT2D eigenvalue weighted by molar-refractivity contribution is -0.139. The van der Waals surface area contributed by atoms with Gasteiger partial charge in [-0.2, -0.15) is 0 Å². The molecule has 6 aromatic carbocycles. The summed E-state index contributed by atoms with van der Waals surface area (Å²) in [5.74, 6) is 2.06. The van der Waals surface area contributed by atoms with Crippen molar-refractivity contribution in [1.29, 1.82) is 0 Å². The molecule has 8 heterocycles. The van der Waals surface area contributed by atoms with Crippen LogP contribution in [0.5, 0.6) is 0 Å². The molecule has 0 bridgehead atoms. The van der Waals surface area contributed by atoms with Crippen LogP contribution < -0.4 is 10.6 Å². The molecule has 612 valence electrons. The minimum atomic E-state index is -0.691. The summed E-state index contributed by atoms with van der Waals surface area (Å²) < 4.78 is 20.0. The Balaban J connectivity index is 0.000000202. The summed E-state index contributed by atoms with van der Waals surface area (Å²) in [5.41, 5.74) is 11.3. The summed E-state index contributed by atoms with van der Waals surface area (Å²) >= 11 is 0. The predicted octanol–water partition coefficient (Wildman–Crippen LogP) is 15.2. The van der Waals surface area contributed by atoms with Crippen molar-refractivity contribution in [2.75, 3.05) is 67.7 Å². The standard InChI is InChI=1S/2C44H54N8O6/c1-25(2)37(49(5)43(55)57-7)41(53)51-19-9-11-35(51)39-45-24-34(48-39)31-16-15-27-21-28(13-14-29(27)22-31)30-17-18-32-33(23-30)47-40(46-32)36-12-10-20-52(36)42(54)38(26(3)4)50(6)44(56)58-8;1-7-57-43(55)49-37(25(3)4)41(53)51-19-9-11-35(51)39-45-24-34(48-39)31-16-15-27-21-28(13-14-29(27)22-31)30-17-18-32-33(23-30)47-40(46-32)36-12-10-20-52(36)42(54)38(26(5)6)50-44(56)58-8-2/h13-18,21-26,35-38H,9-12,19-20H2,1-8H3,(H,45,48)(H,46,47);13-18,21-26,35-38H,7-12,19-20H2,1-6H3,(H,45,48)(H,46,47)(H,49,55)(H,50,56)/t2*35-,36-,37-,38-/m00/s1. The van der Waals surface area contributed by atoms with Gasteiger partial charge >= 0.3 is 24.4 Å². The van der Waals surface area contributed by atoms with Crippen LogP contribution in [0, 0.1) is 23.7 Å². The third kappa shape index (κ3) is 17.3. The molecule has 0 unspecified atom stereocenters. The highest BCUT2D eigenvalue weighted by Crippen LogP contribution is 2.40. The highest BCUT2D eigenvalue weighted by Gasteiger charge is 2.44. The highest BCUT2D eigenvalue weighted by atomic mass is 16.6. The average molecular weight is 1580 g/mol. The number of nitrogens with zero attached hydrogens (tertiary/aromatic N) is 10. The number of methoxy groups -OCH3 is 2. The molecular weight excluding hydrogens is 1470 g/mol. The molecule has 28 heteroatoms. The summed E-state index contributed by atoms with van der Waals surface area (Å²) in [5, 5.41) is 9.84. The van der Waals surface area contributed by atoms with Crippen LogP contribution in [-0.2, 0) is 38.1 Å². The lowest BCUT2D eigenvalue weighted by Crippen LogP contribution is -2.51. The van der Waals surface area contributed by atoms with Gasteiger partial charge in [-0.15, -0.1) is 0 Å². The fraction of sp³-hybridized carbons (Fsp3) is 0.455. The smallest absolute Gasteiger partial charge is 0.409 e. The number of fused-ring (bicyclic) bond motifs is 4. The maximum absolute atomic E-state index is 13.9. The lowest BCUT2D eigenvalue weighted by Gasteiger charge is -2.34. The molecule has 4 fully saturated rings. The Morgan fingerprint density at radius 3 is 1.05 bits per heavy atom. The van der Waals surface area contributed by atoms with E-state index in [4.69, 9.17) is 38.9 Å². The van der Waals surface area contributed by atoms with Crippen molar-refractivity contribution in [2.24, 2.45) is 23.7 Å². The van der Waals surface area contributed by atoms with Crippen molar-refractivity contribution in [2.45, 2.75) is 169 Å². The van der Waals surface area contributed by atoms with Crippen LogP contribution in [0.15, 0.2) is 122 Å². The fourth-order valence-electron chi connectivity index (χ4n) is 17.1. The first-order chi connectivity index (χ1) is 55.7. The quantitative estimate of drug-likeness (QED) is 0.0343. The van der Waals surface area contributed by atoms with Crippen molar-refractivity contribution in [3.8, 4) is 44.8 Å². The topological polar surface area (TPSA) is 332 Å². The van der Waals surface area contributed by atoms with Crippen molar-refractivity contribution >= 4 is 91.6 Å². The molecule has 4 aliphatic heterocycles. The molecule has 4 aromatic heterocycles. The number of nitrogens with one attached hydrogen (secondary N) is 6. The van der Waals surface area contributed by atoms with Gasteiger partial charge in [-0.05, 0) is 181 Å². The number of rotatable bonds is 22. The molecule has 0 saturated carbocycles. The predicted molar refractivity (Wildman–Crippen MR) is 443 cm³/mol. The third-order valence-electron chi connectivity index (χ3n) is 23.1. The number of aromatic nitrogens is 8. The lowest BCUT2D eigenvalue weighted by atomic mass is 9.99. The zero-order valence-electron chi connectivity index (χ0n) is 68.7. The van der Waals surface area contributed by atoms with E-state index in [1.807, 2.05) is 99.5 Å². The first-order valence-electron chi connectivity index (χ1n) is 40.6. The van der Waals surface area contributed by atoms with E-state index in [9.17, 15) is 38.4 Å². The Hall–Kier alpha value is -11.8. The van der Waals surface area contributed by atoms with Crippen LogP contribution in [-0.4, -0.2) is 209 Å². The summed E-state index contributed by atoms with van der Waals surface area (Å²) in [4.78, 5) is 148. The van der Waals surface area contributed by atoms with Gasteiger partial charge in [0.25, 0.3) is 0 Å². The van der Waals surface area contributed by atoms with E-state index in [2.05, 4.69) is 128 Å². The van der Waals surface area contributed by atoms with Crippen molar-refractivity contribution in [1.82, 2.24) is 79.9 Å². The number of H-pyrrole nitrogens is 4. The molecule has 0 spiro atoms. The van der Waals surface area contributed by atoms with E-state index in [-0.39, 0.29) is 84.7 Å². The molecule has 14 rings (SSSR count). The second kappa shape index (κ2) is 35.5. The van der Waals surface area contributed by atoms with Gasteiger partial charge in [0.05, 0.1) is 97.4 Å². The number of aromatic amines is 4. The van der Waals surface area contributed by atoms with Crippen molar-refractivity contribution in [3.05, 3.63) is 145 Å². The maximum Gasteiger partial charge on any atom is 0.409 e. The minimum Gasteiger partial charge on any atom is -0.453 e. The Labute approximate surface area is 675 Å². The van der Waals surface area contributed by atoms with Gasteiger partial charge in [0.1, 0.15) is 47.5 Å². The number of ether oxygens (including phenoxy) is 4. The molecule has 4 saturated heterocycles. The number of imidazole rings is 4. The molecule has 8 atom stereocenters. The molecular formula is C88H108N16O12. The minimum absolute atomic E-state index is 0.0939. The number of hydrogen-bond donors (Lipinski definition) is 6. The van der Waals surface area contributed by atoms with Gasteiger partial charge in [-0.1, -0.05) is 116 Å². The third-order valence-corrected chi connectivity index (χ3v) is 23.1. The van der Waals surface area contributed by atoms with E-state index in [1.54, 1.807) is 27.9 Å². The van der Waals surface area contributed by atoms with Gasteiger partial charge in [-0.25, -0.2) is 39.1 Å². The van der Waals surface area contributed by atoms with Gasteiger partial charge in [0, 0.05) is 51.4 Å². The van der Waals surface area contributed by atoms with E-state index in [0.29, 0.717) is 26.2 Å². The number of carbonyl (C=O) groups excluding carboxylic acids is 8. The molecule has 28 nitrogen and oxygen atoms in total. The van der Waals surface area contributed by atoms with Gasteiger partial charge in [0.15, 0.2) is 0 Å². The molecule has 10 aromatic rings. The zero-order chi connectivity index (χ0) is 82.5. The van der Waals surface area contributed by atoms with Gasteiger partial charge in [-0.3, -0.25) is 29.0 Å². The Bertz CT molecular complexity index is 5270. The molecule has 6 N–H and O–H groups in total. The van der Waals surface area contributed by atoms with Crippen LogP contribution >= 0.6 is 0 Å². The van der Waals surface area contributed by atoms with Gasteiger partial charge < -0.3 is 69.1 Å². The summed E-state index contributed by atoms with van der Waals surface area (Å²) in [7, 11) is 5.86. The van der Waals surface area contributed by atoms with Crippen molar-refractivity contribution in [3.63, 3.8) is 0 Å². The molecule has 4 aliphatic rings. The van der Waals surface area contributed by atoms with E-state index >= 15 is 0 Å². The number of likely N-dealkylation sites (N-methyl/N-ethyl adjacent to an activating group) is 2. The summed E-state index contributed by atoms with van der Waals surface area (Å²) in [6, 6.07) is 34.3. The van der Waals surface area contributed by atoms with Crippen LogP contribution in [0.25, 0.3) is 88.4 Å². The summed E-state index contributed by atoms with van der Waals surface area (Å²) in [6.07, 6.45) is 7.91.